The van der Waals surface area contributed by atoms with Gasteiger partial charge in [0.2, 0.25) is 5.91 Å². The summed E-state index contributed by atoms with van der Waals surface area (Å²) in [4.78, 5) is 40.0. The van der Waals surface area contributed by atoms with Gasteiger partial charge in [-0.3, -0.25) is 9.59 Å². The molecule has 4 amide bonds. The average Bonchev–Trinajstić information content (AvgIpc) is 2.83. The van der Waals surface area contributed by atoms with E-state index < -0.39 is 29.4 Å². The molecule has 2 aliphatic heterocycles. The molecule has 8 heteroatoms. The van der Waals surface area contributed by atoms with E-state index in [9.17, 15) is 14.4 Å². The normalized spacial score (nSPS) is 20.7. The second kappa shape index (κ2) is 6.95. The number of imide groups is 1. The van der Waals surface area contributed by atoms with Crippen molar-refractivity contribution in [3.63, 3.8) is 0 Å². The lowest BCUT2D eigenvalue weighted by Crippen LogP contribution is -2.47. The van der Waals surface area contributed by atoms with Crippen molar-refractivity contribution in [2.45, 2.75) is 32.4 Å². The molecule has 2 aliphatic rings. The predicted molar refractivity (Wildman–Crippen MR) is 97.0 cm³/mol. The number of nitrogens with zero attached hydrogens (tertiary/aromatic N) is 2. The highest BCUT2D eigenvalue weighted by Crippen LogP contribution is 2.22. The Kier molecular flexibility index (Phi) is 4.86. The van der Waals surface area contributed by atoms with E-state index in [0.717, 1.165) is 23.7 Å². The molecule has 0 aliphatic carbocycles. The molecular formula is C18H24N4O4. The second-order valence-corrected chi connectivity index (χ2v) is 7.04. The molecule has 2 fully saturated rings. The summed E-state index contributed by atoms with van der Waals surface area (Å²) in [5, 5.41) is 5.34. The lowest BCUT2D eigenvalue weighted by Gasteiger charge is -2.29. The van der Waals surface area contributed by atoms with Crippen molar-refractivity contribution in [1.29, 1.82) is 0 Å². The minimum absolute atomic E-state index is 0.409. The van der Waals surface area contributed by atoms with Gasteiger partial charge in [0, 0.05) is 24.5 Å². The van der Waals surface area contributed by atoms with Crippen LogP contribution in [0.3, 0.4) is 0 Å². The highest BCUT2D eigenvalue weighted by Gasteiger charge is 2.47. The molecule has 0 spiro atoms. The summed E-state index contributed by atoms with van der Waals surface area (Å²) < 4.78 is 5.34. The molecule has 2 heterocycles. The maximum Gasteiger partial charge on any atom is 0.325 e. The van der Waals surface area contributed by atoms with Crippen molar-refractivity contribution in [2.24, 2.45) is 0 Å². The van der Waals surface area contributed by atoms with Gasteiger partial charge in [0.05, 0.1) is 13.2 Å². The largest absolute Gasteiger partial charge is 0.378 e. The Balaban J connectivity index is 1.64. The molecule has 0 unspecified atom stereocenters. The fraction of sp³-hybridized carbons (Fsp3) is 0.500. The van der Waals surface area contributed by atoms with Crippen LogP contribution in [0, 0.1) is 0 Å². The average molecular weight is 360 g/mol. The van der Waals surface area contributed by atoms with Crippen molar-refractivity contribution < 1.29 is 19.1 Å². The molecule has 0 aromatic heterocycles. The number of urea groups is 1. The fourth-order valence-corrected chi connectivity index (χ4v) is 3.07. The van der Waals surface area contributed by atoms with Gasteiger partial charge in [0.1, 0.15) is 11.6 Å². The maximum absolute atomic E-state index is 12.5. The molecule has 8 nitrogen and oxygen atoms in total. The number of nitrogens with one attached hydrogen (secondary N) is 2. The van der Waals surface area contributed by atoms with E-state index in [1.54, 1.807) is 13.8 Å². The van der Waals surface area contributed by atoms with Crippen LogP contribution in [-0.2, 0) is 14.3 Å². The lowest BCUT2D eigenvalue weighted by atomic mass is 10.1. The topological polar surface area (TPSA) is 91.0 Å². The number of benzene rings is 1. The standard InChI is InChI=1S/C18H24N4O4/c1-12(22-16(24)18(2,3)20-17(22)25)15(23)19-13-4-6-14(7-5-13)21-8-10-26-11-9-21/h4-7,12H,8-11H2,1-3H3,(H,19,23)(H,20,25)/t12-/m1/s1. The molecule has 2 saturated heterocycles. The molecule has 3 rings (SSSR count). The quantitative estimate of drug-likeness (QED) is 0.787. The lowest BCUT2D eigenvalue weighted by molar-refractivity contribution is -0.135. The third-order valence-electron chi connectivity index (χ3n) is 4.67. The third-order valence-corrected chi connectivity index (χ3v) is 4.67. The molecule has 1 aromatic carbocycles. The fourth-order valence-electron chi connectivity index (χ4n) is 3.07. The van der Waals surface area contributed by atoms with Crippen molar-refractivity contribution in [2.75, 3.05) is 36.5 Å². The summed E-state index contributed by atoms with van der Waals surface area (Å²) in [6.07, 6.45) is 0. The Bertz CT molecular complexity index is 710. The molecule has 0 bridgehead atoms. The first-order valence-electron chi connectivity index (χ1n) is 8.69. The third kappa shape index (κ3) is 3.50. The summed E-state index contributed by atoms with van der Waals surface area (Å²) in [7, 11) is 0. The number of hydrogen-bond acceptors (Lipinski definition) is 5. The maximum atomic E-state index is 12.5. The minimum atomic E-state index is -0.995. The van der Waals surface area contributed by atoms with Gasteiger partial charge in [0.25, 0.3) is 5.91 Å². The van der Waals surface area contributed by atoms with E-state index in [0.29, 0.717) is 18.9 Å². The van der Waals surface area contributed by atoms with Gasteiger partial charge in [0.15, 0.2) is 0 Å². The summed E-state index contributed by atoms with van der Waals surface area (Å²) in [5.41, 5.74) is 0.686. The first kappa shape index (κ1) is 18.2. The predicted octanol–water partition coefficient (Wildman–Crippen LogP) is 1.18. The Labute approximate surface area is 152 Å². The number of morpholine rings is 1. The summed E-state index contributed by atoms with van der Waals surface area (Å²) in [6, 6.07) is 6.04. The van der Waals surface area contributed by atoms with Gasteiger partial charge in [-0.2, -0.15) is 0 Å². The Morgan fingerprint density at radius 2 is 1.81 bits per heavy atom. The number of amides is 4. The van der Waals surface area contributed by atoms with Crippen molar-refractivity contribution >= 4 is 29.2 Å². The van der Waals surface area contributed by atoms with E-state index >= 15 is 0 Å². The van der Waals surface area contributed by atoms with Crippen molar-refractivity contribution in [3.05, 3.63) is 24.3 Å². The zero-order valence-electron chi connectivity index (χ0n) is 15.2. The number of anilines is 2. The van der Waals surface area contributed by atoms with Crippen LogP contribution in [0.15, 0.2) is 24.3 Å². The Morgan fingerprint density at radius 1 is 1.19 bits per heavy atom. The molecular weight excluding hydrogens is 336 g/mol. The van der Waals surface area contributed by atoms with Crippen LogP contribution in [0.1, 0.15) is 20.8 Å². The smallest absolute Gasteiger partial charge is 0.325 e. The Hall–Kier alpha value is -2.61. The summed E-state index contributed by atoms with van der Waals surface area (Å²) >= 11 is 0. The van der Waals surface area contributed by atoms with Crippen LogP contribution >= 0.6 is 0 Å². The van der Waals surface area contributed by atoms with Crippen molar-refractivity contribution in [1.82, 2.24) is 10.2 Å². The molecule has 0 saturated carbocycles. The first-order valence-corrected chi connectivity index (χ1v) is 8.69. The number of rotatable bonds is 4. The van der Waals surface area contributed by atoms with Crippen LogP contribution in [0.4, 0.5) is 16.2 Å². The van der Waals surface area contributed by atoms with E-state index in [1.807, 2.05) is 24.3 Å². The zero-order valence-corrected chi connectivity index (χ0v) is 15.2. The molecule has 0 radical (unpaired) electrons. The van der Waals surface area contributed by atoms with Crippen LogP contribution in [0.2, 0.25) is 0 Å². The summed E-state index contributed by atoms with van der Waals surface area (Å²) in [6.45, 7) is 7.85. The number of carbonyl (C=O) groups is 3. The molecule has 26 heavy (non-hydrogen) atoms. The van der Waals surface area contributed by atoms with Gasteiger partial charge in [-0.05, 0) is 45.0 Å². The van der Waals surface area contributed by atoms with Crippen LogP contribution in [0.5, 0.6) is 0 Å². The highest BCUT2D eigenvalue weighted by atomic mass is 16.5. The van der Waals surface area contributed by atoms with Gasteiger partial charge in [-0.1, -0.05) is 0 Å². The molecule has 2 N–H and O–H groups in total. The zero-order chi connectivity index (χ0) is 18.9. The molecule has 1 aromatic rings. The van der Waals surface area contributed by atoms with E-state index in [-0.39, 0.29) is 0 Å². The van der Waals surface area contributed by atoms with Gasteiger partial charge >= 0.3 is 6.03 Å². The van der Waals surface area contributed by atoms with Gasteiger partial charge in [-0.25, -0.2) is 9.69 Å². The number of hydrogen-bond donors (Lipinski definition) is 2. The first-order chi connectivity index (χ1) is 12.3. The van der Waals surface area contributed by atoms with E-state index in [2.05, 4.69) is 15.5 Å². The van der Waals surface area contributed by atoms with Crippen molar-refractivity contribution in [3.8, 4) is 0 Å². The molecule has 140 valence electrons. The van der Waals surface area contributed by atoms with Crippen LogP contribution in [0.25, 0.3) is 0 Å². The van der Waals surface area contributed by atoms with E-state index in [1.165, 1.54) is 6.92 Å². The highest BCUT2D eigenvalue weighted by molar-refractivity contribution is 6.10. The Morgan fingerprint density at radius 3 is 2.35 bits per heavy atom. The van der Waals surface area contributed by atoms with Gasteiger partial charge < -0.3 is 20.3 Å². The number of carbonyl (C=O) groups excluding carboxylic acids is 3. The minimum Gasteiger partial charge on any atom is -0.378 e. The molecule has 1 atom stereocenters. The second-order valence-electron chi connectivity index (χ2n) is 7.04. The summed E-state index contributed by atoms with van der Waals surface area (Å²) in [5.74, 6) is -0.821. The SMILES string of the molecule is C[C@H](C(=O)Nc1ccc(N2CCOCC2)cc1)N1C(=O)NC(C)(C)C1=O. The van der Waals surface area contributed by atoms with Crippen LogP contribution in [-0.4, -0.2) is 60.6 Å². The monoisotopic (exact) mass is 360 g/mol. The van der Waals surface area contributed by atoms with Crippen LogP contribution < -0.4 is 15.5 Å². The number of ether oxygens (including phenoxy) is 1. The van der Waals surface area contributed by atoms with E-state index in [4.69, 9.17) is 4.74 Å². The van der Waals surface area contributed by atoms with Gasteiger partial charge in [-0.15, -0.1) is 0 Å².